The Morgan fingerprint density at radius 2 is 1.65 bits per heavy atom. The molecule has 2 aromatic rings. The number of piperidine rings is 1. The molecule has 0 radical (unpaired) electrons. The van der Waals surface area contributed by atoms with Crippen LogP contribution in [0.4, 0.5) is 13.2 Å². The Morgan fingerprint density at radius 3 is 2.22 bits per heavy atom. The third kappa shape index (κ3) is 10.2. The second-order valence-corrected chi connectivity index (χ2v) is 8.25. The van der Waals surface area contributed by atoms with E-state index in [9.17, 15) is 22.8 Å². The summed E-state index contributed by atoms with van der Waals surface area (Å²) in [5.74, 6) is -1.79. The molecule has 0 bridgehead atoms. The number of ether oxygens (including phenoxy) is 1. The zero-order valence-electron chi connectivity index (χ0n) is 20.0. The Hall–Kier alpha value is -4.09. The second-order valence-electron chi connectivity index (χ2n) is 8.25. The molecule has 37 heavy (non-hydrogen) atoms. The maximum absolute atomic E-state index is 12.5. The van der Waals surface area contributed by atoms with E-state index in [-0.39, 0.29) is 23.6 Å². The van der Waals surface area contributed by atoms with Gasteiger partial charge >= 0.3 is 12.1 Å². The largest absolute Gasteiger partial charge is 0.492 e. The van der Waals surface area contributed by atoms with Crippen LogP contribution < -0.4 is 15.8 Å². The van der Waals surface area contributed by atoms with Crippen molar-refractivity contribution in [1.82, 2.24) is 10.2 Å². The van der Waals surface area contributed by atoms with E-state index in [0.29, 0.717) is 49.5 Å². The maximum atomic E-state index is 12.5. The van der Waals surface area contributed by atoms with Crippen LogP contribution in [0.5, 0.6) is 5.75 Å². The number of carboxylic acids is 1. The molecule has 1 saturated heterocycles. The van der Waals surface area contributed by atoms with E-state index >= 15 is 0 Å². The Balaban J connectivity index is 0.000000604. The molecular weight excluding hydrogens is 493 g/mol. The number of amidine groups is 1. The standard InChI is InChI=1S/C23H28N4O3.C2HF3O2/c24-22(25)19-7-4-8-20(16-19)30-14-11-26-21(28)15-17-9-12-27(13-10-17)23(29)18-5-2-1-3-6-18;3-2(4,5)1(6)7/h1-8,16-17H,9-15H2,(H3,24,25)(H,26,28);(H,6,7). The van der Waals surface area contributed by atoms with E-state index in [4.69, 9.17) is 25.8 Å². The molecule has 3 rings (SSSR count). The molecule has 200 valence electrons. The van der Waals surface area contributed by atoms with Crippen molar-refractivity contribution in [1.29, 1.82) is 5.41 Å². The summed E-state index contributed by atoms with van der Waals surface area (Å²) in [6.07, 6.45) is -2.95. The van der Waals surface area contributed by atoms with Gasteiger partial charge in [-0.05, 0) is 43.0 Å². The van der Waals surface area contributed by atoms with Crippen molar-refractivity contribution in [3.05, 3.63) is 65.7 Å². The van der Waals surface area contributed by atoms with Crippen LogP contribution in [-0.2, 0) is 9.59 Å². The Labute approximate surface area is 211 Å². The van der Waals surface area contributed by atoms with Crippen molar-refractivity contribution >= 4 is 23.6 Å². The van der Waals surface area contributed by atoms with Gasteiger partial charge in [0.25, 0.3) is 5.91 Å². The highest BCUT2D eigenvalue weighted by Gasteiger charge is 2.38. The topological polar surface area (TPSA) is 146 Å². The third-order valence-corrected chi connectivity index (χ3v) is 5.48. The fourth-order valence-electron chi connectivity index (χ4n) is 3.55. The number of amides is 2. The molecule has 1 aliphatic rings. The molecule has 0 atom stereocenters. The van der Waals surface area contributed by atoms with E-state index in [1.54, 1.807) is 24.3 Å². The average molecular weight is 523 g/mol. The highest BCUT2D eigenvalue weighted by atomic mass is 19.4. The lowest BCUT2D eigenvalue weighted by atomic mass is 9.93. The van der Waals surface area contributed by atoms with Crippen LogP contribution in [0, 0.1) is 11.3 Å². The first kappa shape index (κ1) is 29.1. The smallest absolute Gasteiger partial charge is 0.490 e. The number of carbonyl (C=O) groups is 3. The molecule has 0 unspecified atom stereocenters. The summed E-state index contributed by atoms with van der Waals surface area (Å²) in [6, 6.07) is 16.3. The van der Waals surface area contributed by atoms with Crippen molar-refractivity contribution in [3.8, 4) is 5.75 Å². The Kier molecular flexibility index (Phi) is 10.9. The molecule has 0 aromatic heterocycles. The van der Waals surface area contributed by atoms with E-state index in [1.165, 1.54) is 0 Å². The molecule has 9 nitrogen and oxygen atoms in total. The van der Waals surface area contributed by atoms with Gasteiger partial charge in [0.1, 0.15) is 18.2 Å². The zero-order chi connectivity index (χ0) is 27.4. The number of nitrogens with zero attached hydrogens (tertiary/aromatic N) is 1. The van der Waals surface area contributed by atoms with E-state index in [2.05, 4.69) is 5.32 Å². The number of hydrogen-bond donors (Lipinski definition) is 4. The van der Waals surface area contributed by atoms with Crippen molar-refractivity contribution in [2.24, 2.45) is 11.7 Å². The average Bonchev–Trinajstić information content (AvgIpc) is 2.87. The van der Waals surface area contributed by atoms with Gasteiger partial charge < -0.3 is 25.8 Å². The van der Waals surface area contributed by atoms with Crippen molar-refractivity contribution in [2.75, 3.05) is 26.2 Å². The Morgan fingerprint density at radius 1 is 1.05 bits per heavy atom. The minimum atomic E-state index is -5.08. The monoisotopic (exact) mass is 522 g/mol. The minimum absolute atomic E-state index is 0.00363. The van der Waals surface area contributed by atoms with E-state index < -0.39 is 12.1 Å². The summed E-state index contributed by atoms with van der Waals surface area (Å²) in [5.41, 5.74) is 6.79. The molecule has 2 amide bonds. The number of benzene rings is 2. The summed E-state index contributed by atoms with van der Waals surface area (Å²) >= 11 is 0. The third-order valence-electron chi connectivity index (χ3n) is 5.48. The van der Waals surface area contributed by atoms with Gasteiger partial charge in [0, 0.05) is 30.6 Å². The van der Waals surface area contributed by atoms with Gasteiger partial charge in [-0.25, -0.2) is 4.79 Å². The molecule has 0 saturated carbocycles. The lowest BCUT2D eigenvalue weighted by Gasteiger charge is -2.31. The van der Waals surface area contributed by atoms with Gasteiger partial charge in [0.15, 0.2) is 0 Å². The SMILES string of the molecule is N=C(N)c1cccc(OCCNC(=O)CC2CCN(C(=O)c3ccccc3)CC2)c1.O=C(O)C(F)(F)F. The van der Waals surface area contributed by atoms with Crippen LogP contribution in [0.3, 0.4) is 0 Å². The minimum Gasteiger partial charge on any atom is -0.492 e. The molecule has 1 fully saturated rings. The number of rotatable bonds is 8. The first-order valence-corrected chi connectivity index (χ1v) is 11.5. The first-order chi connectivity index (χ1) is 17.5. The number of likely N-dealkylation sites (tertiary alicyclic amines) is 1. The van der Waals surface area contributed by atoms with E-state index in [0.717, 1.165) is 12.8 Å². The molecule has 0 spiro atoms. The first-order valence-electron chi connectivity index (χ1n) is 11.5. The summed E-state index contributed by atoms with van der Waals surface area (Å²) in [5, 5.41) is 17.5. The van der Waals surface area contributed by atoms with Crippen molar-refractivity contribution in [2.45, 2.75) is 25.4 Å². The normalized spacial score (nSPS) is 13.6. The van der Waals surface area contributed by atoms with Crippen LogP contribution in [0.1, 0.15) is 35.2 Å². The van der Waals surface area contributed by atoms with Crippen LogP contribution in [0.2, 0.25) is 0 Å². The fourth-order valence-corrected chi connectivity index (χ4v) is 3.55. The zero-order valence-corrected chi connectivity index (χ0v) is 20.0. The summed E-state index contributed by atoms with van der Waals surface area (Å²) in [4.78, 5) is 35.5. The Bertz CT molecular complexity index is 1070. The van der Waals surface area contributed by atoms with Gasteiger partial charge in [-0.3, -0.25) is 15.0 Å². The summed E-state index contributed by atoms with van der Waals surface area (Å²) in [7, 11) is 0. The quantitative estimate of drug-likeness (QED) is 0.238. The second kappa shape index (κ2) is 13.9. The maximum Gasteiger partial charge on any atom is 0.490 e. The molecule has 1 aliphatic heterocycles. The van der Waals surface area contributed by atoms with Gasteiger partial charge in [-0.15, -0.1) is 0 Å². The molecule has 12 heteroatoms. The number of nitrogens with two attached hydrogens (primary N) is 1. The predicted octanol–water partition coefficient (Wildman–Crippen LogP) is 3.04. The number of nitrogens with one attached hydrogen (secondary N) is 2. The summed E-state index contributed by atoms with van der Waals surface area (Å²) in [6.45, 7) is 2.12. The number of nitrogen functional groups attached to an aromatic ring is 1. The molecule has 5 N–H and O–H groups in total. The fraction of sp³-hybridized carbons (Fsp3) is 0.360. The number of halogens is 3. The highest BCUT2D eigenvalue weighted by Crippen LogP contribution is 2.22. The van der Waals surface area contributed by atoms with Gasteiger partial charge in [-0.1, -0.05) is 30.3 Å². The van der Waals surface area contributed by atoms with Gasteiger partial charge in [0.05, 0.1) is 6.54 Å². The van der Waals surface area contributed by atoms with E-state index in [1.807, 2.05) is 35.2 Å². The van der Waals surface area contributed by atoms with Gasteiger partial charge in [0.2, 0.25) is 5.91 Å². The molecule has 1 heterocycles. The van der Waals surface area contributed by atoms with Crippen LogP contribution in [0.15, 0.2) is 54.6 Å². The number of carboxylic acid groups (broad SMARTS) is 1. The summed E-state index contributed by atoms with van der Waals surface area (Å²) < 4.78 is 37.3. The van der Waals surface area contributed by atoms with Gasteiger partial charge in [-0.2, -0.15) is 13.2 Å². The lowest BCUT2D eigenvalue weighted by molar-refractivity contribution is -0.192. The van der Waals surface area contributed by atoms with Crippen molar-refractivity contribution < 1.29 is 37.4 Å². The molecular formula is C25H29F3N4O5. The number of hydrogen-bond acceptors (Lipinski definition) is 5. The number of carbonyl (C=O) groups excluding carboxylic acids is 2. The molecule has 2 aromatic carbocycles. The van der Waals surface area contributed by atoms with Crippen LogP contribution in [-0.4, -0.2) is 66.0 Å². The molecule has 0 aliphatic carbocycles. The lowest BCUT2D eigenvalue weighted by Crippen LogP contribution is -2.40. The predicted molar refractivity (Wildman–Crippen MR) is 129 cm³/mol. The van der Waals surface area contributed by atoms with Crippen LogP contribution >= 0.6 is 0 Å². The highest BCUT2D eigenvalue weighted by molar-refractivity contribution is 5.95. The number of aliphatic carboxylic acids is 1. The van der Waals surface area contributed by atoms with Crippen LogP contribution in [0.25, 0.3) is 0 Å². The number of alkyl halides is 3. The van der Waals surface area contributed by atoms with Crippen molar-refractivity contribution in [3.63, 3.8) is 0 Å².